The van der Waals surface area contributed by atoms with Crippen LogP contribution in [0.5, 0.6) is 0 Å². The van der Waals surface area contributed by atoms with Crippen molar-refractivity contribution >= 4 is 17.7 Å². The quantitative estimate of drug-likeness (QED) is 0.603. The first-order valence-electron chi connectivity index (χ1n) is 8.04. The van der Waals surface area contributed by atoms with Gasteiger partial charge in [-0.3, -0.25) is 14.2 Å². The zero-order chi connectivity index (χ0) is 18.6. The summed E-state index contributed by atoms with van der Waals surface area (Å²) in [7, 11) is 1.56. The minimum Gasteiger partial charge on any atom is -0.480 e. The zero-order valence-electron chi connectivity index (χ0n) is 14.5. The average molecular weight is 364 g/mol. The molecule has 5 nitrogen and oxygen atoms in total. The first-order chi connectivity index (χ1) is 11.8. The Bertz CT molecular complexity index is 836. The number of aryl methyl sites for hydroxylation is 1. The SMILES string of the molecule is CCCC(Sc1nc(C)c(Cc2ccccc2F)c(=O)n1C)C(=O)O. The Balaban J connectivity index is 2.37. The van der Waals surface area contributed by atoms with Crippen molar-refractivity contribution < 1.29 is 14.3 Å². The fraction of sp³-hybridized carbons (Fsp3) is 0.389. The summed E-state index contributed by atoms with van der Waals surface area (Å²) in [6.45, 7) is 3.60. The highest BCUT2D eigenvalue weighted by molar-refractivity contribution is 8.00. The van der Waals surface area contributed by atoms with E-state index in [0.717, 1.165) is 18.2 Å². The molecule has 0 aliphatic carbocycles. The molecule has 2 aromatic rings. The molecular weight excluding hydrogens is 343 g/mol. The molecule has 25 heavy (non-hydrogen) atoms. The maximum atomic E-state index is 13.9. The molecule has 0 bridgehead atoms. The van der Waals surface area contributed by atoms with Gasteiger partial charge < -0.3 is 5.11 Å². The van der Waals surface area contributed by atoms with Crippen molar-refractivity contribution in [2.45, 2.75) is 43.5 Å². The van der Waals surface area contributed by atoms with Crippen LogP contribution in [0.15, 0.2) is 34.2 Å². The van der Waals surface area contributed by atoms with E-state index in [1.54, 1.807) is 32.2 Å². The molecule has 0 saturated heterocycles. The van der Waals surface area contributed by atoms with Gasteiger partial charge in [-0.2, -0.15) is 0 Å². The zero-order valence-corrected chi connectivity index (χ0v) is 15.3. The predicted molar refractivity (Wildman–Crippen MR) is 95.6 cm³/mol. The summed E-state index contributed by atoms with van der Waals surface area (Å²) in [5, 5.41) is 9.01. The highest BCUT2D eigenvalue weighted by atomic mass is 32.2. The third-order valence-corrected chi connectivity index (χ3v) is 5.25. The fourth-order valence-electron chi connectivity index (χ4n) is 2.49. The van der Waals surface area contributed by atoms with Gasteiger partial charge in [0, 0.05) is 24.7 Å². The monoisotopic (exact) mass is 364 g/mol. The number of thioether (sulfide) groups is 1. The largest absolute Gasteiger partial charge is 0.480 e. The molecule has 1 aromatic carbocycles. The summed E-state index contributed by atoms with van der Waals surface area (Å²) in [5.41, 5.74) is 1.06. The molecule has 2 rings (SSSR count). The lowest BCUT2D eigenvalue weighted by Crippen LogP contribution is -2.27. The summed E-state index contributed by atoms with van der Waals surface area (Å²) in [6.07, 6.45) is 1.37. The van der Waals surface area contributed by atoms with E-state index in [9.17, 15) is 19.1 Å². The van der Waals surface area contributed by atoms with Gasteiger partial charge in [-0.25, -0.2) is 9.37 Å². The number of aliphatic carboxylic acids is 1. The van der Waals surface area contributed by atoms with Crippen molar-refractivity contribution in [2.24, 2.45) is 7.05 Å². The molecule has 0 aliphatic rings. The molecule has 1 unspecified atom stereocenters. The Labute approximate surface area is 149 Å². The van der Waals surface area contributed by atoms with Gasteiger partial charge in [0.1, 0.15) is 11.1 Å². The van der Waals surface area contributed by atoms with E-state index in [1.165, 1.54) is 10.6 Å². The standard InChI is InChI=1S/C18H21FN2O3S/c1-4-7-15(17(23)24)25-18-20-11(2)13(16(22)21(18)3)10-12-8-5-6-9-14(12)19/h5-6,8-9,15H,4,7,10H2,1-3H3,(H,23,24). The third kappa shape index (κ3) is 4.48. The van der Waals surface area contributed by atoms with E-state index in [4.69, 9.17) is 0 Å². The van der Waals surface area contributed by atoms with E-state index in [0.29, 0.717) is 28.4 Å². The van der Waals surface area contributed by atoms with Crippen LogP contribution in [0.25, 0.3) is 0 Å². The number of hydrogen-bond donors (Lipinski definition) is 1. The Kier molecular flexibility index (Phi) is 6.36. The number of carbonyl (C=O) groups is 1. The maximum Gasteiger partial charge on any atom is 0.317 e. The second-order valence-corrected chi connectivity index (χ2v) is 6.99. The van der Waals surface area contributed by atoms with Gasteiger partial charge >= 0.3 is 5.97 Å². The number of benzene rings is 1. The van der Waals surface area contributed by atoms with Gasteiger partial charge in [-0.1, -0.05) is 43.3 Å². The minimum absolute atomic E-state index is 0.153. The molecule has 0 spiro atoms. The summed E-state index contributed by atoms with van der Waals surface area (Å²) in [6, 6.07) is 6.31. The van der Waals surface area contributed by atoms with Crippen LogP contribution in [0, 0.1) is 12.7 Å². The van der Waals surface area contributed by atoms with Gasteiger partial charge in [0.2, 0.25) is 0 Å². The maximum absolute atomic E-state index is 13.9. The lowest BCUT2D eigenvalue weighted by atomic mass is 10.0. The van der Waals surface area contributed by atoms with Gasteiger partial charge in [0.25, 0.3) is 5.56 Å². The van der Waals surface area contributed by atoms with E-state index in [-0.39, 0.29) is 17.8 Å². The Morgan fingerprint density at radius 3 is 2.68 bits per heavy atom. The second kappa shape index (κ2) is 8.29. The van der Waals surface area contributed by atoms with E-state index in [2.05, 4.69) is 4.98 Å². The van der Waals surface area contributed by atoms with Crippen LogP contribution in [0.2, 0.25) is 0 Å². The van der Waals surface area contributed by atoms with Crippen LogP contribution >= 0.6 is 11.8 Å². The number of carboxylic acids is 1. The molecule has 0 aliphatic heterocycles. The smallest absolute Gasteiger partial charge is 0.317 e. The summed E-state index contributed by atoms with van der Waals surface area (Å²) in [4.78, 5) is 28.4. The molecule has 0 radical (unpaired) electrons. The number of halogens is 1. The van der Waals surface area contributed by atoms with Crippen molar-refractivity contribution in [3.05, 3.63) is 57.3 Å². The van der Waals surface area contributed by atoms with Crippen LogP contribution in [-0.2, 0) is 18.3 Å². The van der Waals surface area contributed by atoms with Crippen molar-refractivity contribution in [3.8, 4) is 0 Å². The van der Waals surface area contributed by atoms with Crippen molar-refractivity contribution in [2.75, 3.05) is 0 Å². The minimum atomic E-state index is -0.922. The lowest BCUT2D eigenvalue weighted by molar-refractivity contribution is -0.136. The molecule has 1 atom stereocenters. The molecule has 134 valence electrons. The molecule has 1 heterocycles. The van der Waals surface area contributed by atoms with E-state index >= 15 is 0 Å². The molecule has 1 aromatic heterocycles. The Morgan fingerprint density at radius 2 is 2.08 bits per heavy atom. The molecule has 7 heteroatoms. The van der Waals surface area contributed by atoms with Crippen LogP contribution in [0.3, 0.4) is 0 Å². The average Bonchev–Trinajstić information content (AvgIpc) is 2.57. The number of nitrogens with zero attached hydrogens (tertiary/aromatic N) is 2. The number of rotatable bonds is 7. The number of hydrogen-bond acceptors (Lipinski definition) is 4. The van der Waals surface area contributed by atoms with Gasteiger partial charge in [-0.15, -0.1) is 0 Å². The first-order valence-corrected chi connectivity index (χ1v) is 8.92. The van der Waals surface area contributed by atoms with E-state index < -0.39 is 11.2 Å². The third-order valence-electron chi connectivity index (χ3n) is 3.95. The molecule has 0 saturated carbocycles. The van der Waals surface area contributed by atoms with Gasteiger partial charge in [0.05, 0.1) is 0 Å². The first kappa shape index (κ1) is 19.2. The van der Waals surface area contributed by atoms with Crippen LogP contribution in [0.4, 0.5) is 4.39 Å². The topological polar surface area (TPSA) is 72.2 Å². The highest BCUT2D eigenvalue weighted by Gasteiger charge is 2.22. The molecule has 0 amide bonds. The Hall–Kier alpha value is -2.15. The van der Waals surface area contributed by atoms with Crippen LogP contribution in [-0.4, -0.2) is 25.9 Å². The van der Waals surface area contributed by atoms with Crippen molar-refractivity contribution in [3.63, 3.8) is 0 Å². The van der Waals surface area contributed by atoms with Crippen LogP contribution in [0.1, 0.15) is 36.6 Å². The molecular formula is C18H21FN2O3S. The van der Waals surface area contributed by atoms with Gasteiger partial charge in [0.15, 0.2) is 5.16 Å². The summed E-state index contributed by atoms with van der Waals surface area (Å²) >= 11 is 1.07. The Morgan fingerprint density at radius 1 is 1.40 bits per heavy atom. The number of aromatic nitrogens is 2. The van der Waals surface area contributed by atoms with Crippen molar-refractivity contribution in [1.29, 1.82) is 0 Å². The normalized spacial score (nSPS) is 12.2. The van der Waals surface area contributed by atoms with Crippen LogP contribution < -0.4 is 5.56 Å². The highest BCUT2D eigenvalue weighted by Crippen LogP contribution is 2.25. The predicted octanol–water partition coefficient (Wildman–Crippen LogP) is 3.16. The summed E-state index contributed by atoms with van der Waals surface area (Å²) < 4.78 is 15.2. The fourth-order valence-corrected chi connectivity index (χ4v) is 3.63. The molecule has 0 fully saturated rings. The number of carboxylic acid groups (broad SMARTS) is 1. The van der Waals surface area contributed by atoms with Gasteiger partial charge in [-0.05, 0) is 25.0 Å². The lowest BCUT2D eigenvalue weighted by Gasteiger charge is -2.15. The van der Waals surface area contributed by atoms with Crippen molar-refractivity contribution in [1.82, 2.24) is 9.55 Å². The summed E-state index contributed by atoms with van der Waals surface area (Å²) in [5.74, 6) is -1.29. The molecule has 1 N–H and O–H groups in total. The second-order valence-electron chi connectivity index (χ2n) is 5.82. The van der Waals surface area contributed by atoms with E-state index in [1.807, 2.05) is 6.92 Å².